The number of hydrogen-bond donors (Lipinski definition) is 1. The van der Waals surface area contributed by atoms with Crippen molar-refractivity contribution in [2.45, 2.75) is 11.8 Å². The minimum absolute atomic E-state index is 0.185. The van der Waals surface area contributed by atoms with E-state index in [0.29, 0.717) is 15.6 Å². The van der Waals surface area contributed by atoms with Crippen molar-refractivity contribution in [1.82, 2.24) is 0 Å². The Hall–Kier alpha value is -2.18. The number of nitrogens with one attached hydrogen (secondary N) is 1. The zero-order valence-corrected chi connectivity index (χ0v) is 14.7. The fourth-order valence-electron chi connectivity index (χ4n) is 2.01. The van der Waals surface area contributed by atoms with Crippen molar-refractivity contribution in [2.24, 2.45) is 0 Å². The molecular formula is C17H16ClNO4S. The molecule has 1 amide bonds. The van der Waals surface area contributed by atoms with Gasteiger partial charge in [0.15, 0.2) is 6.61 Å². The fourth-order valence-corrected chi connectivity index (χ4v) is 2.91. The van der Waals surface area contributed by atoms with Gasteiger partial charge in [0, 0.05) is 17.0 Å². The topological polar surface area (TPSA) is 72.5 Å². The maximum absolute atomic E-state index is 12.1. The average molecular weight is 366 g/mol. The number of rotatable bonds is 5. The summed E-state index contributed by atoms with van der Waals surface area (Å²) in [4.78, 5) is 24.4. The third-order valence-electron chi connectivity index (χ3n) is 3.22. The Balaban J connectivity index is 2.00. The molecule has 24 heavy (non-hydrogen) atoms. The average Bonchev–Trinajstić information content (AvgIpc) is 2.56. The molecule has 0 aromatic heterocycles. The summed E-state index contributed by atoms with van der Waals surface area (Å²) < 4.78 is 16.6. The lowest BCUT2D eigenvalue weighted by Gasteiger charge is -2.10. The summed E-state index contributed by atoms with van der Waals surface area (Å²) in [6, 6.07) is 11.5. The minimum Gasteiger partial charge on any atom is -0.452 e. The molecule has 2 aromatic rings. The SMILES string of the molecule is Cc1ccc(Cl)cc1NC(=O)COC(=O)c1ccccc1[S@](C)=O. The van der Waals surface area contributed by atoms with E-state index in [1.165, 1.54) is 12.3 Å². The normalized spacial score (nSPS) is 11.6. The van der Waals surface area contributed by atoms with Gasteiger partial charge in [-0.1, -0.05) is 29.8 Å². The summed E-state index contributed by atoms with van der Waals surface area (Å²) in [5.41, 5.74) is 1.58. The predicted octanol–water partition coefficient (Wildman–Crippen LogP) is 3.18. The smallest absolute Gasteiger partial charge is 0.339 e. The summed E-state index contributed by atoms with van der Waals surface area (Å²) in [6.45, 7) is 1.38. The molecular weight excluding hydrogens is 350 g/mol. The number of carbonyl (C=O) groups excluding carboxylic acids is 2. The molecule has 0 fully saturated rings. The molecule has 0 aliphatic rings. The Morgan fingerprint density at radius 3 is 2.62 bits per heavy atom. The fraction of sp³-hybridized carbons (Fsp3) is 0.176. The van der Waals surface area contributed by atoms with E-state index < -0.39 is 29.3 Å². The third kappa shape index (κ3) is 4.66. The van der Waals surface area contributed by atoms with Gasteiger partial charge in [-0.2, -0.15) is 0 Å². The third-order valence-corrected chi connectivity index (χ3v) is 4.44. The van der Waals surface area contributed by atoms with Crippen LogP contribution in [0.3, 0.4) is 0 Å². The van der Waals surface area contributed by atoms with Gasteiger partial charge in [-0.25, -0.2) is 4.79 Å². The highest BCUT2D eigenvalue weighted by Crippen LogP contribution is 2.20. The molecule has 0 saturated carbocycles. The van der Waals surface area contributed by atoms with Gasteiger partial charge in [0.1, 0.15) is 0 Å². The highest BCUT2D eigenvalue weighted by Gasteiger charge is 2.16. The van der Waals surface area contributed by atoms with Gasteiger partial charge < -0.3 is 10.1 Å². The van der Waals surface area contributed by atoms with E-state index in [-0.39, 0.29) is 5.56 Å². The lowest BCUT2D eigenvalue weighted by molar-refractivity contribution is -0.119. The van der Waals surface area contributed by atoms with E-state index in [9.17, 15) is 13.8 Å². The first-order valence-corrected chi connectivity index (χ1v) is 8.97. The molecule has 2 rings (SSSR count). The number of carbonyl (C=O) groups is 2. The van der Waals surface area contributed by atoms with Crippen LogP contribution in [0.1, 0.15) is 15.9 Å². The van der Waals surface area contributed by atoms with Crippen molar-refractivity contribution in [3.63, 3.8) is 0 Å². The lowest BCUT2D eigenvalue weighted by atomic mass is 10.2. The second-order valence-corrected chi connectivity index (χ2v) is 6.82. The lowest BCUT2D eigenvalue weighted by Crippen LogP contribution is -2.21. The molecule has 126 valence electrons. The number of benzene rings is 2. The maximum Gasteiger partial charge on any atom is 0.339 e. The van der Waals surface area contributed by atoms with Crippen molar-refractivity contribution < 1.29 is 18.5 Å². The van der Waals surface area contributed by atoms with E-state index in [2.05, 4.69) is 5.32 Å². The van der Waals surface area contributed by atoms with Crippen LogP contribution in [0.25, 0.3) is 0 Å². The van der Waals surface area contributed by atoms with Crippen LogP contribution in [0.2, 0.25) is 5.02 Å². The van der Waals surface area contributed by atoms with Crippen molar-refractivity contribution >= 4 is 40.0 Å². The van der Waals surface area contributed by atoms with E-state index >= 15 is 0 Å². The Morgan fingerprint density at radius 1 is 1.21 bits per heavy atom. The predicted molar refractivity (Wildman–Crippen MR) is 93.9 cm³/mol. The number of anilines is 1. The molecule has 0 aliphatic carbocycles. The van der Waals surface area contributed by atoms with Crippen LogP contribution >= 0.6 is 11.6 Å². The standard InChI is InChI=1S/C17H16ClNO4S/c1-11-7-8-12(18)9-14(11)19-16(20)10-23-17(21)13-5-3-4-6-15(13)24(2)22/h3-9H,10H2,1-2H3,(H,19,20)/t24-/m0/s1. The van der Waals surface area contributed by atoms with Gasteiger partial charge in [-0.05, 0) is 36.8 Å². The van der Waals surface area contributed by atoms with Gasteiger partial charge in [0.2, 0.25) is 0 Å². The molecule has 0 spiro atoms. The molecule has 1 atom stereocenters. The van der Waals surface area contributed by atoms with Crippen LogP contribution in [-0.2, 0) is 20.3 Å². The molecule has 7 heteroatoms. The number of ether oxygens (including phenoxy) is 1. The van der Waals surface area contributed by atoms with E-state index in [4.69, 9.17) is 16.3 Å². The molecule has 5 nitrogen and oxygen atoms in total. The summed E-state index contributed by atoms with van der Waals surface area (Å²) in [6.07, 6.45) is 1.47. The Labute approximate surface area is 147 Å². The largest absolute Gasteiger partial charge is 0.452 e. The first-order valence-electron chi connectivity index (χ1n) is 7.04. The Kier molecular flexibility index (Phi) is 6.11. The van der Waals surface area contributed by atoms with Crippen molar-refractivity contribution in [3.05, 3.63) is 58.6 Å². The van der Waals surface area contributed by atoms with Crippen molar-refractivity contribution in [2.75, 3.05) is 18.2 Å². The molecule has 0 saturated heterocycles. The van der Waals surface area contributed by atoms with Gasteiger partial charge in [-0.3, -0.25) is 9.00 Å². The zero-order valence-electron chi connectivity index (χ0n) is 13.2. The van der Waals surface area contributed by atoms with E-state index in [0.717, 1.165) is 5.56 Å². The van der Waals surface area contributed by atoms with Gasteiger partial charge in [-0.15, -0.1) is 0 Å². The van der Waals surface area contributed by atoms with Gasteiger partial charge in [0.05, 0.1) is 21.3 Å². The second kappa shape index (κ2) is 8.08. The van der Waals surface area contributed by atoms with Crippen LogP contribution in [0.4, 0.5) is 5.69 Å². The molecule has 1 N–H and O–H groups in total. The second-order valence-electron chi connectivity index (χ2n) is 5.03. The number of hydrogen-bond acceptors (Lipinski definition) is 4. The van der Waals surface area contributed by atoms with E-state index in [1.54, 1.807) is 36.4 Å². The number of halogens is 1. The zero-order chi connectivity index (χ0) is 17.7. The van der Waals surface area contributed by atoms with Crippen LogP contribution in [0.5, 0.6) is 0 Å². The highest BCUT2D eigenvalue weighted by atomic mass is 35.5. The Morgan fingerprint density at radius 2 is 1.92 bits per heavy atom. The van der Waals surface area contributed by atoms with Crippen LogP contribution in [0.15, 0.2) is 47.4 Å². The molecule has 0 unspecified atom stereocenters. The molecule has 2 aromatic carbocycles. The number of aryl methyl sites for hydroxylation is 1. The molecule has 0 radical (unpaired) electrons. The van der Waals surface area contributed by atoms with Crippen molar-refractivity contribution in [1.29, 1.82) is 0 Å². The van der Waals surface area contributed by atoms with Crippen LogP contribution in [0, 0.1) is 6.92 Å². The summed E-state index contributed by atoms with van der Waals surface area (Å²) in [5, 5.41) is 3.13. The maximum atomic E-state index is 12.1. The summed E-state index contributed by atoms with van der Waals surface area (Å²) in [7, 11) is -1.33. The Bertz CT molecular complexity index is 807. The number of amides is 1. The molecule has 0 aliphatic heterocycles. The summed E-state index contributed by atoms with van der Waals surface area (Å²) >= 11 is 5.89. The first-order chi connectivity index (χ1) is 11.4. The van der Waals surface area contributed by atoms with Gasteiger partial charge >= 0.3 is 5.97 Å². The molecule has 0 heterocycles. The van der Waals surface area contributed by atoms with Crippen LogP contribution in [-0.4, -0.2) is 28.9 Å². The quantitative estimate of drug-likeness (QED) is 0.826. The summed E-state index contributed by atoms with van der Waals surface area (Å²) in [5.74, 6) is -1.18. The highest BCUT2D eigenvalue weighted by molar-refractivity contribution is 7.84. The van der Waals surface area contributed by atoms with Gasteiger partial charge in [0.25, 0.3) is 5.91 Å². The minimum atomic E-state index is -1.33. The number of esters is 1. The van der Waals surface area contributed by atoms with Crippen molar-refractivity contribution in [3.8, 4) is 0 Å². The first kappa shape index (κ1) is 18.2. The van der Waals surface area contributed by atoms with E-state index in [1.807, 2.05) is 6.92 Å². The molecule has 0 bridgehead atoms. The monoisotopic (exact) mass is 365 g/mol. The van der Waals surface area contributed by atoms with Crippen LogP contribution < -0.4 is 5.32 Å².